The van der Waals surface area contributed by atoms with Gasteiger partial charge in [-0.1, -0.05) is 19.1 Å². The van der Waals surface area contributed by atoms with Crippen molar-refractivity contribution >= 4 is 5.70 Å². The molecule has 0 fully saturated rings. The molecule has 3 heterocycles. The second-order valence-corrected chi connectivity index (χ2v) is 5.61. The third-order valence-corrected chi connectivity index (χ3v) is 3.82. The van der Waals surface area contributed by atoms with Gasteiger partial charge in [-0.05, 0) is 54.9 Å². The number of nitrogens with one attached hydrogen (secondary N) is 1. The lowest BCUT2D eigenvalue weighted by atomic mass is 9.81. The molecule has 2 aromatic rings. The number of hydrogen-bond acceptors (Lipinski definition) is 3. The summed E-state index contributed by atoms with van der Waals surface area (Å²) in [6.07, 6.45) is 14.1. The average molecular weight is 277 g/mol. The first-order valence-corrected chi connectivity index (χ1v) is 7.23. The Kier molecular flexibility index (Phi) is 3.82. The molecule has 21 heavy (non-hydrogen) atoms. The summed E-state index contributed by atoms with van der Waals surface area (Å²) in [5.41, 5.74) is 3.43. The number of dihydropyridines is 1. The Balaban J connectivity index is 1.75. The molecule has 1 unspecified atom stereocenters. The van der Waals surface area contributed by atoms with Crippen molar-refractivity contribution in [1.82, 2.24) is 15.3 Å². The molecule has 1 N–H and O–H groups in total. The largest absolute Gasteiger partial charge is 0.360 e. The summed E-state index contributed by atoms with van der Waals surface area (Å²) in [6.45, 7) is 2.26. The molecule has 3 nitrogen and oxygen atoms in total. The van der Waals surface area contributed by atoms with E-state index in [9.17, 15) is 0 Å². The lowest BCUT2D eigenvalue weighted by Crippen LogP contribution is -2.21. The maximum Gasteiger partial charge on any atom is 0.0861 e. The van der Waals surface area contributed by atoms with Gasteiger partial charge in [0.15, 0.2) is 0 Å². The molecule has 1 aliphatic rings. The van der Waals surface area contributed by atoms with Crippen LogP contribution in [0.2, 0.25) is 0 Å². The van der Waals surface area contributed by atoms with Gasteiger partial charge in [0.2, 0.25) is 0 Å². The van der Waals surface area contributed by atoms with Crippen LogP contribution >= 0.6 is 0 Å². The van der Waals surface area contributed by atoms with Crippen LogP contribution < -0.4 is 5.32 Å². The third kappa shape index (κ3) is 3.37. The van der Waals surface area contributed by atoms with Gasteiger partial charge in [-0.2, -0.15) is 0 Å². The van der Waals surface area contributed by atoms with Crippen molar-refractivity contribution in [2.24, 2.45) is 5.41 Å². The van der Waals surface area contributed by atoms with Crippen LogP contribution in [0.4, 0.5) is 0 Å². The molecule has 0 spiro atoms. The lowest BCUT2D eigenvalue weighted by molar-refractivity contribution is 0.493. The number of rotatable bonds is 4. The van der Waals surface area contributed by atoms with Gasteiger partial charge in [-0.25, -0.2) is 0 Å². The summed E-state index contributed by atoms with van der Waals surface area (Å²) in [4.78, 5) is 8.48. The second-order valence-electron chi connectivity index (χ2n) is 5.61. The van der Waals surface area contributed by atoms with E-state index in [2.05, 4.69) is 46.5 Å². The highest BCUT2D eigenvalue weighted by Gasteiger charge is 2.22. The van der Waals surface area contributed by atoms with Gasteiger partial charge in [-0.3, -0.25) is 9.97 Å². The van der Waals surface area contributed by atoms with Crippen LogP contribution in [-0.2, 0) is 6.42 Å². The fourth-order valence-corrected chi connectivity index (χ4v) is 2.53. The fourth-order valence-electron chi connectivity index (χ4n) is 2.53. The van der Waals surface area contributed by atoms with E-state index in [1.165, 1.54) is 5.56 Å². The van der Waals surface area contributed by atoms with Crippen LogP contribution in [0, 0.1) is 5.41 Å². The van der Waals surface area contributed by atoms with E-state index < -0.39 is 0 Å². The molecule has 2 aromatic heterocycles. The van der Waals surface area contributed by atoms with Crippen molar-refractivity contribution in [3.63, 3.8) is 0 Å². The van der Waals surface area contributed by atoms with Gasteiger partial charge in [0, 0.05) is 24.0 Å². The summed E-state index contributed by atoms with van der Waals surface area (Å²) in [5, 5.41) is 3.30. The monoisotopic (exact) mass is 277 g/mol. The van der Waals surface area contributed by atoms with Crippen LogP contribution in [0.25, 0.3) is 5.70 Å². The number of aryl methyl sites for hydroxylation is 1. The van der Waals surface area contributed by atoms with E-state index in [1.807, 2.05) is 43.0 Å². The zero-order valence-electron chi connectivity index (χ0n) is 12.2. The molecule has 106 valence electrons. The average Bonchev–Trinajstić information content (AvgIpc) is 2.55. The van der Waals surface area contributed by atoms with E-state index >= 15 is 0 Å². The van der Waals surface area contributed by atoms with Gasteiger partial charge in [0.25, 0.3) is 0 Å². The van der Waals surface area contributed by atoms with Crippen LogP contribution in [0.15, 0.2) is 67.3 Å². The highest BCUT2D eigenvalue weighted by atomic mass is 14.9. The van der Waals surface area contributed by atoms with Gasteiger partial charge in [0.1, 0.15) is 0 Å². The highest BCUT2D eigenvalue weighted by molar-refractivity contribution is 5.64. The minimum atomic E-state index is 0.0430. The number of aromatic nitrogens is 2. The number of hydrogen-bond donors (Lipinski definition) is 1. The first-order valence-electron chi connectivity index (χ1n) is 7.23. The maximum atomic E-state index is 4.41. The predicted octanol–water partition coefficient (Wildman–Crippen LogP) is 3.57. The summed E-state index contributed by atoms with van der Waals surface area (Å²) in [6, 6.07) is 10.1. The molecule has 0 saturated heterocycles. The Morgan fingerprint density at radius 2 is 1.95 bits per heavy atom. The van der Waals surface area contributed by atoms with E-state index in [4.69, 9.17) is 0 Å². The van der Waals surface area contributed by atoms with Crippen LogP contribution in [0.5, 0.6) is 0 Å². The van der Waals surface area contributed by atoms with Crippen LogP contribution in [0.1, 0.15) is 24.6 Å². The van der Waals surface area contributed by atoms with Crippen molar-refractivity contribution in [1.29, 1.82) is 0 Å². The molecule has 1 atom stereocenters. The maximum absolute atomic E-state index is 4.41. The highest BCUT2D eigenvalue weighted by Crippen LogP contribution is 2.32. The zero-order chi connectivity index (χ0) is 14.5. The second kappa shape index (κ2) is 5.92. The van der Waals surface area contributed by atoms with Gasteiger partial charge >= 0.3 is 0 Å². The fraction of sp³-hybridized carbons (Fsp3) is 0.222. The smallest absolute Gasteiger partial charge is 0.0861 e. The summed E-state index contributed by atoms with van der Waals surface area (Å²) in [7, 11) is 0. The van der Waals surface area contributed by atoms with Crippen LogP contribution in [-0.4, -0.2) is 9.97 Å². The zero-order valence-corrected chi connectivity index (χ0v) is 12.2. The lowest BCUT2D eigenvalue weighted by Gasteiger charge is -2.27. The molecule has 3 heteroatoms. The van der Waals surface area contributed by atoms with Gasteiger partial charge in [-0.15, -0.1) is 0 Å². The van der Waals surface area contributed by atoms with Crippen LogP contribution in [0.3, 0.4) is 0 Å². The number of allylic oxidation sites excluding steroid dienone is 2. The molecule has 1 aliphatic heterocycles. The molecule has 0 radical (unpaired) electrons. The molecule has 3 rings (SSSR count). The normalized spacial score (nSPS) is 20.7. The molecular formula is C18H19N3. The van der Waals surface area contributed by atoms with E-state index in [0.29, 0.717) is 0 Å². The Bertz CT molecular complexity index is 647. The first-order chi connectivity index (χ1) is 10.3. The van der Waals surface area contributed by atoms with Crippen molar-refractivity contribution in [3.8, 4) is 0 Å². The SMILES string of the molecule is CC1(CCc2ccncc2)C=CNC(c2ccccn2)=C1. The van der Waals surface area contributed by atoms with E-state index in [1.54, 1.807) is 0 Å². The topological polar surface area (TPSA) is 37.8 Å². The Morgan fingerprint density at radius 1 is 1.10 bits per heavy atom. The summed E-state index contributed by atoms with van der Waals surface area (Å²) < 4.78 is 0. The summed E-state index contributed by atoms with van der Waals surface area (Å²) >= 11 is 0. The molecule has 0 aliphatic carbocycles. The summed E-state index contributed by atoms with van der Waals surface area (Å²) in [5.74, 6) is 0. The van der Waals surface area contributed by atoms with E-state index in [-0.39, 0.29) is 5.41 Å². The van der Waals surface area contributed by atoms with Crippen molar-refractivity contribution in [3.05, 3.63) is 78.5 Å². The van der Waals surface area contributed by atoms with Crippen molar-refractivity contribution < 1.29 is 0 Å². The standard InChI is InChI=1S/C18H19N3/c1-18(8-5-15-6-11-19-12-7-15)9-13-21-17(14-18)16-4-2-3-10-20-16/h2-4,6-7,9-14,21H,5,8H2,1H3. The minimum absolute atomic E-state index is 0.0430. The molecule has 0 aromatic carbocycles. The molecule has 0 saturated carbocycles. The third-order valence-electron chi connectivity index (χ3n) is 3.82. The predicted molar refractivity (Wildman–Crippen MR) is 85.2 cm³/mol. The van der Waals surface area contributed by atoms with Gasteiger partial charge in [0.05, 0.1) is 11.4 Å². The minimum Gasteiger partial charge on any atom is -0.360 e. The quantitative estimate of drug-likeness (QED) is 0.928. The molecule has 0 amide bonds. The van der Waals surface area contributed by atoms with Gasteiger partial charge < -0.3 is 5.32 Å². The number of pyridine rings is 2. The number of nitrogens with zero attached hydrogens (tertiary/aromatic N) is 2. The van der Waals surface area contributed by atoms with Crippen molar-refractivity contribution in [2.45, 2.75) is 19.8 Å². The Labute approximate surface area is 125 Å². The molecule has 0 bridgehead atoms. The Hall–Kier alpha value is -2.42. The molecular weight excluding hydrogens is 258 g/mol. The Morgan fingerprint density at radius 3 is 2.71 bits per heavy atom. The first kappa shape index (κ1) is 13.6. The van der Waals surface area contributed by atoms with Crippen molar-refractivity contribution in [2.75, 3.05) is 0 Å². The van der Waals surface area contributed by atoms with E-state index in [0.717, 1.165) is 24.2 Å².